The number of benzene rings is 1. The summed E-state index contributed by atoms with van der Waals surface area (Å²) >= 11 is 0. The lowest BCUT2D eigenvalue weighted by molar-refractivity contribution is -0.134. The van der Waals surface area contributed by atoms with E-state index in [1.807, 2.05) is 0 Å². The van der Waals surface area contributed by atoms with Gasteiger partial charge in [0.2, 0.25) is 0 Å². The Morgan fingerprint density at radius 2 is 1.70 bits per heavy atom. The molecule has 0 saturated carbocycles. The molecule has 0 heterocycles. The standard InChI is InChI=1S/C14H20O5S/c1-2-3-4-5-9-12-14(15)19-20(16,17)18-13-10-7-6-8-11-13/h6-8,10-11H,2-5,9,12H2,1H3. The Morgan fingerprint density at radius 1 is 1.05 bits per heavy atom. The summed E-state index contributed by atoms with van der Waals surface area (Å²) in [5, 5.41) is 0. The van der Waals surface area contributed by atoms with Gasteiger partial charge in [-0.2, -0.15) is 0 Å². The van der Waals surface area contributed by atoms with Gasteiger partial charge in [-0.3, -0.25) is 4.79 Å². The lowest BCUT2D eigenvalue weighted by Crippen LogP contribution is -2.18. The van der Waals surface area contributed by atoms with Crippen LogP contribution in [-0.2, 0) is 19.4 Å². The average Bonchev–Trinajstić information content (AvgIpc) is 2.38. The van der Waals surface area contributed by atoms with E-state index < -0.39 is 16.4 Å². The van der Waals surface area contributed by atoms with E-state index in [0.717, 1.165) is 25.7 Å². The molecule has 0 N–H and O–H groups in total. The van der Waals surface area contributed by atoms with Crippen LogP contribution in [0, 0.1) is 0 Å². The predicted octanol–water partition coefficient (Wildman–Crippen LogP) is 3.21. The van der Waals surface area contributed by atoms with Gasteiger partial charge in [-0.05, 0) is 18.6 Å². The van der Waals surface area contributed by atoms with Crippen molar-refractivity contribution in [3.63, 3.8) is 0 Å². The molecule has 5 nitrogen and oxygen atoms in total. The Hall–Kier alpha value is -1.56. The number of carbonyl (C=O) groups is 1. The van der Waals surface area contributed by atoms with E-state index in [1.165, 1.54) is 12.1 Å². The molecule has 0 aromatic heterocycles. The number of hydrogen-bond donors (Lipinski definition) is 0. The number of hydrogen-bond acceptors (Lipinski definition) is 5. The molecule has 6 heteroatoms. The summed E-state index contributed by atoms with van der Waals surface area (Å²) in [5.41, 5.74) is 0. The Bertz CT molecular complexity index is 496. The predicted molar refractivity (Wildman–Crippen MR) is 75.5 cm³/mol. The molecule has 20 heavy (non-hydrogen) atoms. The minimum absolute atomic E-state index is 0.0844. The molecule has 0 aliphatic carbocycles. The highest BCUT2D eigenvalue weighted by Crippen LogP contribution is 2.13. The van der Waals surface area contributed by atoms with E-state index in [0.29, 0.717) is 6.42 Å². The van der Waals surface area contributed by atoms with Crippen LogP contribution in [0.4, 0.5) is 0 Å². The van der Waals surface area contributed by atoms with E-state index in [4.69, 9.17) is 0 Å². The van der Waals surface area contributed by atoms with Crippen molar-refractivity contribution in [1.82, 2.24) is 0 Å². The minimum Gasteiger partial charge on any atom is -0.353 e. The van der Waals surface area contributed by atoms with Crippen LogP contribution in [0.3, 0.4) is 0 Å². The first-order valence-electron chi connectivity index (χ1n) is 6.75. The smallest absolute Gasteiger partial charge is 0.353 e. The molecule has 0 fully saturated rings. The molecule has 0 aliphatic rings. The Morgan fingerprint density at radius 3 is 2.35 bits per heavy atom. The number of para-hydroxylation sites is 1. The van der Waals surface area contributed by atoms with Crippen molar-refractivity contribution in [2.75, 3.05) is 0 Å². The van der Waals surface area contributed by atoms with E-state index in [2.05, 4.69) is 15.3 Å². The molecule has 0 saturated heterocycles. The van der Waals surface area contributed by atoms with Crippen molar-refractivity contribution in [3.05, 3.63) is 30.3 Å². The normalized spacial score (nSPS) is 11.1. The maximum Gasteiger partial charge on any atom is 0.503 e. The van der Waals surface area contributed by atoms with Crippen molar-refractivity contribution in [2.45, 2.75) is 45.4 Å². The fourth-order valence-electron chi connectivity index (χ4n) is 1.64. The zero-order chi connectivity index (χ0) is 14.8. The first-order valence-corrected chi connectivity index (χ1v) is 8.08. The van der Waals surface area contributed by atoms with E-state index >= 15 is 0 Å². The molecule has 0 atom stereocenters. The van der Waals surface area contributed by atoms with E-state index in [9.17, 15) is 13.2 Å². The third-order valence-electron chi connectivity index (χ3n) is 2.62. The molecule has 1 aromatic carbocycles. The first kappa shape index (κ1) is 16.5. The molecular formula is C14H20O5S. The quantitative estimate of drug-likeness (QED) is 0.655. The second-order valence-corrected chi connectivity index (χ2v) is 5.57. The summed E-state index contributed by atoms with van der Waals surface area (Å²) in [6, 6.07) is 7.91. The third-order valence-corrected chi connectivity index (χ3v) is 3.41. The Balaban J connectivity index is 2.33. The largest absolute Gasteiger partial charge is 0.503 e. The summed E-state index contributed by atoms with van der Waals surface area (Å²) in [5.74, 6) is -0.666. The zero-order valence-corrected chi connectivity index (χ0v) is 12.4. The second kappa shape index (κ2) is 8.58. The molecule has 0 radical (unpaired) electrons. The van der Waals surface area contributed by atoms with Gasteiger partial charge in [0, 0.05) is 6.42 Å². The van der Waals surface area contributed by atoms with Crippen LogP contribution in [0.15, 0.2) is 30.3 Å². The fraction of sp³-hybridized carbons (Fsp3) is 0.500. The summed E-state index contributed by atoms with van der Waals surface area (Å²) in [6.45, 7) is 2.10. The Kier molecular flexibility index (Phi) is 7.08. The molecule has 0 unspecified atom stereocenters. The SMILES string of the molecule is CCCCCCCC(=O)OS(=O)(=O)Oc1ccccc1. The third kappa shape index (κ3) is 7.13. The molecular weight excluding hydrogens is 280 g/mol. The van der Waals surface area contributed by atoms with Crippen molar-refractivity contribution >= 4 is 16.4 Å². The monoisotopic (exact) mass is 300 g/mol. The van der Waals surface area contributed by atoms with Crippen LogP contribution in [-0.4, -0.2) is 14.4 Å². The van der Waals surface area contributed by atoms with Gasteiger partial charge >= 0.3 is 16.4 Å². The molecule has 0 aliphatic heterocycles. The Labute approximate surface area is 120 Å². The highest BCUT2D eigenvalue weighted by Gasteiger charge is 2.19. The van der Waals surface area contributed by atoms with Gasteiger partial charge in [0.25, 0.3) is 0 Å². The van der Waals surface area contributed by atoms with Crippen molar-refractivity contribution < 1.29 is 21.6 Å². The van der Waals surface area contributed by atoms with Gasteiger partial charge < -0.3 is 8.37 Å². The van der Waals surface area contributed by atoms with Gasteiger partial charge in [-0.1, -0.05) is 50.8 Å². The molecule has 1 rings (SSSR count). The van der Waals surface area contributed by atoms with Crippen molar-refractivity contribution in [1.29, 1.82) is 0 Å². The minimum atomic E-state index is -4.33. The fourth-order valence-corrected chi connectivity index (χ4v) is 2.33. The van der Waals surface area contributed by atoms with Crippen LogP contribution in [0.5, 0.6) is 5.75 Å². The van der Waals surface area contributed by atoms with Gasteiger partial charge in [-0.25, -0.2) is 0 Å². The van der Waals surface area contributed by atoms with Gasteiger partial charge in [0.15, 0.2) is 0 Å². The molecule has 1 aromatic rings. The van der Waals surface area contributed by atoms with Crippen molar-refractivity contribution in [3.8, 4) is 5.75 Å². The zero-order valence-electron chi connectivity index (χ0n) is 11.6. The number of carbonyl (C=O) groups excluding carboxylic acids is 1. The molecule has 0 spiro atoms. The lowest BCUT2D eigenvalue weighted by Gasteiger charge is -2.06. The average molecular weight is 300 g/mol. The lowest BCUT2D eigenvalue weighted by atomic mass is 10.1. The summed E-state index contributed by atoms with van der Waals surface area (Å²) < 4.78 is 32.0. The summed E-state index contributed by atoms with van der Waals surface area (Å²) in [4.78, 5) is 11.4. The maximum atomic E-state index is 11.5. The van der Waals surface area contributed by atoms with Gasteiger partial charge in [0.05, 0.1) is 0 Å². The molecule has 0 bridgehead atoms. The first-order chi connectivity index (χ1) is 9.53. The molecule has 112 valence electrons. The van der Waals surface area contributed by atoms with Crippen LogP contribution in [0.2, 0.25) is 0 Å². The summed E-state index contributed by atoms with van der Waals surface area (Å²) in [7, 11) is -4.33. The van der Waals surface area contributed by atoms with Crippen LogP contribution < -0.4 is 4.18 Å². The second-order valence-electron chi connectivity index (χ2n) is 4.42. The van der Waals surface area contributed by atoms with Crippen LogP contribution in [0.1, 0.15) is 45.4 Å². The van der Waals surface area contributed by atoms with Crippen LogP contribution >= 0.6 is 0 Å². The van der Waals surface area contributed by atoms with Gasteiger partial charge in [-0.15, -0.1) is 8.42 Å². The van der Waals surface area contributed by atoms with Gasteiger partial charge in [0.1, 0.15) is 5.75 Å². The number of unbranched alkanes of at least 4 members (excludes halogenated alkanes) is 4. The van der Waals surface area contributed by atoms with E-state index in [1.54, 1.807) is 18.2 Å². The summed E-state index contributed by atoms with van der Waals surface area (Å²) in [6.07, 6.45) is 4.87. The maximum absolute atomic E-state index is 11.5. The number of rotatable bonds is 9. The van der Waals surface area contributed by atoms with E-state index in [-0.39, 0.29) is 12.2 Å². The van der Waals surface area contributed by atoms with Crippen molar-refractivity contribution in [2.24, 2.45) is 0 Å². The highest BCUT2D eigenvalue weighted by atomic mass is 32.3. The molecule has 0 amide bonds. The van der Waals surface area contributed by atoms with Crippen LogP contribution in [0.25, 0.3) is 0 Å². The topological polar surface area (TPSA) is 69.7 Å². The highest BCUT2D eigenvalue weighted by molar-refractivity contribution is 7.82.